The molecular weight excluding hydrogens is 155 g/mol. The number of halogens is 1. The van der Waals surface area contributed by atoms with Gasteiger partial charge in [0, 0.05) is 13.0 Å². The first-order chi connectivity index (χ1) is 4.91. The van der Waals surface area contributed by atoms with Gasteiger partial charge in [0.1, 0.15) is 5.60 Å². The Labute approximate surface area is 63.3 Å². The maximum Gasteiger partial charge on any atom is 0.341 e. The van der Waals surface area contributed by atoms with Crippen LogP contribution < -0.4 is 0 Å². The van der Waals surface area contributed by atoms with Crippen LogP contribution in [0.1, 0.15) is 13.3 Å². The third-order valence-corrected chi connectivity index (χ3v) is 1.38. The highest BCUT2D eigenvalue weighted by atomic mass is 19.1. The minimum atomic E-state index is -2.35. The summed E-state index contributed by atoms with van der Waals surface area (Å²) in [5.41, 5.74) is -1.99. The summed E-state index contributed by atoms with van der Waals surface area (Å²) >= 11 is 0. The lowest BCUT2D eigenvalue weighted by molar-refractivity contribution is -0.154. The van der Waals surface area contributed by atoms with E-state index in [4.69, 9.17) is 15.3 Å². The molecule has 0 aliphatic rings. The van der Waals surface area contributed by atoms with E-state index in [0.717, 1.165) is 6.92 Å². The normalized spacial score (nSPS) is 18.9. The monoisotopic (exact) mass is 166 g/mol. The highest BCUT2D eigenvalue weighted by molar-refractivity contribution is 5.73. The second-order valence-corrected chi connectivity index (χ2v) is 2.53. The molecule has 0 aromatic heterocycles. The maximum absolute atomic E-state index is 12.5. The van der Waals surface area contributed by atoms with Crippen molar-refractivity contribution in [1.29, 1.82) is 0 Å². The number of alkyl halides is 1. The number of rotatable bonds is 4. The number of carboxylic acids is 1. The number of aliphatic carboxylic acids is 1. The molecule has 0 aromatic carbocycles. The van der Waals surface area contributed by atoms with E-state index >= 15 is 0 Å². The predicted molar refractivity (Wildman–Crippen MR) is 34.9 cm³/mol. The van der Waals surface area contributed by atoms with Crippen LogP contribution in [-0.4, -0.2) is 39.7 Å². The molecule has 2 unspecified atom stereocenters. The molecule has 11 heavy (non-hydrogen) atoms. The molecule has 0 aromatic rings. The van der Waals surface area contributed by atoms with Crippen molar-refractivity contribution in [1.82, 2.24) is 0 Å². The Morgan fingerprint density at radius 3 is 2.45 bits per heavy atom. The molecule has 0 amide bonds. The second-order valence-electron chi connectivity index (χ2n) is 2.53. The quantitative estimate of drug-likeness (QED) is 0.528. The van der Waals surface area contributed by atoms with Crippen molar-refractivity contribution in [3.8, 4) is 0 Å². The van der Waals surface area contributed by atoms with Gasteiger partial charge in [0.05, 0.1) is 0 Å². The van der Waals surface area contributed by atoms with Crippen LogP contribution in [0.2, 0.25) is 0 Å². The minimum absolute atomic E-state index is 0.291. The fraction of sp³-hybridized carbons (Fsp3) is 0.833. The van der Waals surface area contributed by atoms with Crippen LogP contribution in [0.4, 0.5) is 4.39 Å². The number of carbonyl (C=O) groups is 1. The van der Waals surface area contributed by atoms with E-state index in [-0.39, 0.29) is 6.42 Å². The van der Waals surface area contributed by atoms with Crippen molar-refractivity contribution in [2.75, 3.05) is 6.61 Å². The second kappa shape index (κ2) is 3.64. The lowest BCUT2D eigenvalue weighted by Crippen LogP contribution is -2.42. The van der Waals surface area contributed by atoms with E-state index in [1.165, 1.54) is 0 Å². The number of carboxylic acid groups (broad SMARTS) is 1. The molecular formula is C6H11FO4. The molecule has 0 fully saturated rings. The zero-order chi connectivity index (χ0) is 9.07. The Balaban J connectivity index is 4.16. The molecule has 0 heterocycles. The third-order valence-electron chi connectivity index (χ3n) is 1.38. The average molecular weight is 166 g/mol. The first-order valence-corrected chi connectivity index (χ1v) is 3.12. The van der Waals surface area contributed by atoms with Gasteiger partial charge in [-0.2, -0.15) is 0 Å². The van der Waals surface area contributed by atoms with Gasteiger partial charge in [-0.05, 0) is 6.92 Å². The summed E-state index contributed by atoms with van der Waals surface area (Å²) in [6, 6.07) is 0. The molecule has 0 aliphatic carbocycles. The van der Waals surface area contributed by atoms with Crippen molar-refractivity contribution in [2.24, 2.45) is 0 Å². The van der Waals surface area contributed by atoms with Gasteiger partial charge in [-0.1, -0.05) is 0 Å². The SMILES string of the molecule is CC(O)(CCO)C(F)C(=O)O. The summed E-state index contributed by atoms with van der Waals surface area (Å²) in [7, 11) is 0. The highest BCUT2D eigenvalue weighted by Gasteiger charge is 2.37. The fourth-order valence-electron chi connectivity index (χ4n) is 0.619. The number of aliphatic hydroxyl groups excluding tert-OH is 1. The lowest BCUT2D eigenvalue weighted by atomic mass is 9.97. The Hall–Kier alpha value is -0.680. The Bertz CT molecular complexity index is 146. The number of aliphatic hydroxyl groups is 2. The van der Waals surface area contributed by atoms with E-state index in [0.29, 0.717) is 0 Å². The molecule has 0 bridgehead atoms. The Morgan fingerprint density at radius 1 is 1.73 bits per heavy atom. The average Bonchev–Trinajstić information content (AvgIpc) is 1.86. The van der Waals surface area contributed by atoms with Crippen LogP contribution in [0.3, 0.4) is 0 Å². The molecule has 0 spiro atoms. The summed E-state index contributed by atoms with van der Waals surface area (Å²) in [5.74, 6) is -1.72. The van der Waals surface area contributed by atoms with E-state index in [9.17, 15) is 9.18 Å². The standard InChI is InChI=1S/C6H11FO4/c1-6(11,2-3-8)4(7)5(9)10/h4,8,11H,2-3H2,1H3,(H,9,10). The third kappa shape index (κ3) is 2.81. The van der Waals surface area contributed by atoms with Crippen molar-refractivity contribution in [3.63, 3.8) is 0 Å². The van der Waals surface area contributed by atoms with Gasteiger partial charge in [-0.25, -0.2) is 9.18 Å². The first kappa shape index (κ1) is 10.3. The molecule has 2 atom stereocenters. The molecule has 5 heteroatoms. The van der Waals surface area contributed by atoms with Crippen molar-refractivity contribution in [3.05, 3.63) is 0 Å². The molecule has 3 N–H and O–H groups in total. The van der Waals surface area contributed by atoms with E-state index < -0.39 is 24.3 Å². The topological polar surface area (TPSA) is 77.8 Å². The fourth-order valence-corrected chi connectivity index (χ4v) is 0.619. The smallest absolute Gasteiger partial charge is 0.341 e. The van der Waals surface area contributed by atoms with Gasteiger partial charge < -0.3 is 15.3 Å². The summed E-state index contributed by atoms with van der Waals surface area (Å²) in [6.07, 6.45) is -2.64. The van der Waals surface area contributed by atoms with E-state index in [2.05, 4.69) is 0 Å². The number of hydrogen-bond donors (Lipinski definition) is 3. The van der Waals surface area contributed by atoms with Crippen LogP contribution in [0.25, 0.3) is 0 Å². The highest BCUT2D eigenvalue weighted by Crippen LogP contribution is 2.17. The van der Waals surface area contributed by atoms with Gasteiger partial charge in [-0.3, -0.25) is 0 Å². The molecule has 0 aliphatic heterocycles. The van der Waals surface area contributed by atoms with Crippen LogP contribution >= 0.6 is 0 Å². The predicted octanol–water partition coefficient (Wildman–Crippen LogP) is -0.458. The van der Waals surface area contributed by atoms with Gasteiger partial charge in [0.15, 0.2) is 0 Å². The molecule has 66 valence electrons. The molecule has 0 rings (SSSR count). The van der Waals surface area contributed by atoms with Gasteiger partial charge >= 0.3 is 5.97 Å². The van der Waals surface area contributed by atoms with Crippen LogP contribution in [0, 0.1) is 0 Å². The van der Waals surface area contributed by atoms with Crippen LogP contribution in [-0.2, 0) is 4.79 Å². The maximum atomic E-state index is 12.5. The Morgan fingerprint density at radius 2 is 2.18 bits per heavy atom. The Kier molecular flexibility index (Phi) is 3.41. The summed E-state index contributed by atoms with van der Waals surface area (Å²) < 4.78 is 12.5. The van der Waals surface area contributed by atoms with Crippen LogP contribution in [0.15, 0.2) is 0 Å². The van der Waals surface area contributed by atoms with Crippen molar-refractivity contribution in [2.45, 2.75) is 25.1 Å². The van der Waals surface area contributed by atoms with E-state index in [1.807, 2.05) is 0 Å². The van der Waals surface area contributed by atoms with E-state index in [1.54, 1.807) is 0 Å². The first-order valence-electron chi connectivity index (χ1n) is 3.12. The summed E-state index contributed by atoms with van der Waals surface area (Å²) in [5, 5.41) is 25.5. The summed E-state index contributed by atoms with van der Waals surface area (Å²) in [6.45, 7) is 0.586. The van der Waals surface area contributed by atoms with Crippen LogP contribution in [0.5, 0.6) is 0 Å². The molecule has 0 saturated heterocycles. The zero-order valence-corrected chi connectivity index (χ0v) is 6.12. The molecule has 4 nitrogen and oxygen atoms in total. The van der Waals surface area contributed by atoms with Gasteiger partial charge in [0.2, 0.25) is 6.17 Å². The van der Waals surface area contributed by atoms with Crippen molar-refractivity contribution < 1.29 is 24.5 Å². The zero-order valence-electron chi connectivity index (χ0n) is 6.12. The van der Waals surface area contributed by atoms with Crippen molar-refractivity contribution >= 4 is 5.97 Å². The van der Waals surface area contributed by atoms with Gasteiger partial charge in [-0.15, -0.1) is 0 Å². The van der Waals surface area contributed by atoms with Gasteiger partial charge in [0.25, 0.3) is 0 Å². The molecule has 0 radical (unpaired) electrons. The minimum Gasteiger partial charge on any atom is -0.479 e. The number of hydrogen-bond acceptors (Lipinski definition) is 3. The summed E-state index contributed by atoms with van der Waals surface area (Å²) in [4.78, 5) is 10.0. The molecule has 0 saturated carbocycles. The lowest BCUT2D eigenvalue weighted by Gasteiger charge is -2.22. The largest absolute Gasteiger partial charge is 0.479 e.